The van der Waals surface area contributed by atoms with Crippen LogP contribution in [0.25, 0.3) is 17.3 Å². The molecule has 2 aromatic carbocycles. The third-order valence-electron chi connectivity index (χ3n) is 6.08. The van der Waals surface area contributed by atoms with Crippen LogP contribution in [0.2, 0.25) is 0 Å². The topological polar surface area (TPSA) is 70.5 Å². The third-order valence-corrected chi connectivity index (χ3v) is 6.08. The predicted molar refractivity (Wildman–Crippen MR) is 131 cm³/mol. The highest BCUT2D eigenvalue weighted by Gasteiger charge is 2.27. The molecule has 1 N–H and O–H groups in total. The fraction of sp³-hybridized carbons (Fsp3) is 0.250. The molecule has 1 aromatic heterocycles. The van der Waals surface area contributed by atoms with Crippen molar-refractivity contribution in [1.82, 2.24) is 4.98 Å². The van der Waals surface area contributed by atoms with Gasteiger partial charge < -0.3 is 10.0 Å². The second kappa shape index (κ2) is 10.7. The normalized spacial score (nSPS) is 14.3. The van der Waals surface area contributed by atoms with E-state index in [4.69, 9.17) is 5.11 Å². The molecule has 1 heterocycles. The monoisotopic (exact) mass is 440 g/mol. The van der Waals surface area contributed by atoms with Gasteiger partial charge in [-0.3, -0.25) is 9.78 Å². The summed E-state index contributed by atoms with van der Waals surface area (Å²) in [5.41, 5.74) is 4.52. The minimum Gasteiger partial charge on any atom is -0.478 e. The van der Waals surface area contributed by atoms with E-state index in [1.165, 1.54) is 6.42 Å². The second-order valence-electron chi connectivity index (χ2n) is 8.44. The van der Waals surface area contributed by atoms with Crippen LogP contribution in [0, 0.1) is 5.92 Å². The predicted octanol–water partition coefficient (Wildman–Crippen LogP) is 5.96. The summed E-state index contributed by atoms with van der Waals surface area (Å²) in [4.78, 5) is 30.7. The van der Waals surface area contributed by atoms with Gasteiger partial charge in [-0.15, -0.1) is 0 Å². The molecular weight excluding hydrogens is 412 g/mol. The van der Waals surface area contributed by atoms with E-state index < -0.39 is 5.97 Å². The number of hydrogen-bond donors (Lipinski definition) is 1. The average Bonchev–Trinajstić information content (AvgIpc) is 2.87. The van der Waals surface area contributed by atoms with Gasteiger partial charge in [-0.05, 0) is 54.3 Å². The van der Waals surface area contributed by atoms with Crippen molar-refractivity contribution in [3.05, 3.63) is 90.1 Å². The number of hydrogen-bond acceptors (Lipinski definition) is 3. The van der Waals surface area contributed by atoms with E-state index in [-0.39, 0.29) is 11.8 Å². The smallest absolute Gasteiger partial charge is 0.328 e. The molecule has 0 spiro atoms. The fourth-order valence-corrected chi connectivity index (χ4v) is 4.33. The lowest BCUT2D eigenvalue weighted by Crippen LogP contribution is -2.36. The van der Waals surface area contributed by atoms with Crippen LogP contribution in [0.5, 0.6) is 0 Å². The van der Waals surface area contributed by atoms with E-state index in [1.807, 2.05) is 71.6 Å². The molecule has 3 aromatic rings. The van der Waals surface area contributed by atoms with Crippen LogP contribution in [-0.4, -0.2) is 22.0 Å². The summed E-state index contributed by atoms with van der Waals surface area (Å²) >= 11 is 0. The van der Waals surface area contributed by atoms with Crippen LogP contribution in [0.15, 0.2) is 79.0 Å². The number of carbonyl (C=O) groups excluding carboxylic acids is 1. The van der Waals surface area contributed by atoms with Gasteiger partial charge in [0.25, 0.3) is 0 Å². The van der Waals surface area contributed by atoms with E-state index in [0.29, 0.717) is 6.54 Å². The molecule has 33 heavy (non-hydrogen) atoms. The first-order chi connectivity index (χ1) is 16.1. The highest BCUT2D eigenvalue weighted by Crippen LogP contribution is 2.29. The van der Waals surface area contributed by atoms with Crippen molar-refractivity contribution in [1.29, 1.82) is 0 Å². The summed E-state index contributed by atoms with van der Waals surface area (Å²) in [6, 6.07) is 21.5. The number of rotatable bonds is 7. The van der Waals surface area contributed by atoms with E-state index >= 15 is 0 Å². The number of pyridine rings is 1. The lowest BCUT2D eigenvalue weighted by Gasteiger charge is -2.30. The van der Waals surface area contributed by atoms with Gasteiger partial charge in [0, 0.05) is 29.4 Å². The second-order valence-corrected chi connectivity index (χ2v) is 8.44. The fourth-order valence-electron chi connectivity index (χ4n) is 4.33. The first-order valence-corrected chi connectivity index (χ1v) is 11.4. The summed E-state index contributed by atoms with van der Waals surface area (Å²) < 4.78 is 0. The lowest BCUT2D eigenvalue weighted by molar-refractivity contribution is -0.131. The Morgan fingerprint density at radius 3 is 2.45 bits per heavy atom. The van der Waals surface area contributed by atoms with Crippen molar-refractivity contribution in [3.8, 4) is 11.3 Å². The number of benzene rings is 2. The minimum atomic E-state index is -0.997. The Morgan fingerprint density at radius 1 is 0.970 bits per heavy atom. The molecule has 1 aliphatic carbocycles. The first-order valence-electron chi connectivity index (χ1n) is 11.4. The Kier molecular flexibility index (Phi) is 7.30. The largest absolute Gasteiger partial charge is 0.478 e. The molecule has 1 amide bonds. The summed E-state index contributed by atoms with van der Waals surface area (Å²) in [5.74, 6) is -0.823. The average molecular weight is 441 g/mol. The molecule has 0 aliphatic heterocycles. The van der Waals surface area contributed by atoms with Crippen LogP contribution < -0.4 is 4.90 Å². The molecular formula is C28H28N2O3. The Balaban J connectivity index is 1.61. The SMILES string of the molecule is O=C(O)C=Cc1cccc(N(Cc2ccc(-c3ccccn3)cc2)C(=O)C2CCCCC2)c1. The number of nitrogens with zero attached hydrogens (tertiary/aromatic N) is 2. The van der Waals surface area contributed by atoms with Crippen molar-refractivity contribution in [2.75, 3.05) is 4.90 Å². The van der Waals surface area contributed by atoms with Crippen LogP contribution in [0.1, 0.15) is 43.2 Å². The summed E-state index contributed by atoms with van der Waals surface area (Å²) in [7, 11) is 0. The number of aromatic nitrogens is 1. The first kappa shape index (κ1) is 22.5. The number of carboxylic acids is 1. The maximum atomic E-state index is 13.6. The molecule has 0 saturated heterocycles. The van der Waals surface area contributed by atoms with E-state index in [1.54, 1.807) is 12.3 Å². The van der Waals surface area contributed by atoms with Crippen LogP contribution in [0.4, 0.5) is 5.69 Å². The Hall–Kier alpha value is -3.73. The third kappa shape index (κ3) is 5.95. The van der Waals surface area contributed by atoms with Gasteiger partial charge in [0.15, 0.2) is 0 Å². The van der Waals surface area contributed by atoms with Gasteiger partial charge in [0.2, 0.25) is 5.91 Å². The van der Waals surface area contributed by atoms with E-state index in [2.05, 4.69) is 4.98 Å². The zero-order chi connectivity index (χ0) is 23.0. The molecule has 5 nitrogen and oxygen atoms in total. The van der Waals surface area contributed by atoms with Crippen LogP contribution in [0.3, 0.4) is 0 Å². The molecule has 1 aliphatic rings. The van der Waals surface area contributed by atoms with Crippen LogP contribution in [-0.2, 0) is 16.1 Å². The standard InChI is InChI=1S/C28H28N2O3/c31-27(32)17-14-21-7-6-10-25(19-21)30(28(33)24-8-2-1-3-9-24)20-22-12-15-23(16-13-22)26-11-4-5-18-29-26/h4-7,10-19,24H,1-3,8-9,20H2,(H,31,32). The van der Waals surface area contributed by atoms with E-state index in [9.17, 15) is 9.59 Å². The molecule has 1 fully saturated rings. The Labute approximate surface area is 194 Å². The highest BCUT2D eigenvalue weighted by molar-refractivity contribution is 5.95. The Bertz CT molecular complexity index is 1120. The molecule has 168 valence electrons. The van der Waals surface area contributed by atoms with Gasteiger partial charge in [0.05, 0.1) is 12.2 Å². The summed E-state index contributed by atoms with van der Waals surface area (Å²) in [6.45, 7) is 0.462. The van der Waals surface area contributed by atoms with Gasteiger partial charge >= 0.3 is 5.97 Å². The number of anilines is 1. The lowest BCUT2D eigenvalue weighted by atomic mass is 9.88. The quantitative estimate of drug-likeness (QED) is 0.460. The van der Waals surface area contributed by atoms with Crippen molar-refractivity contribution < 1.29 is 14.7 Å². The van der Waals surface area contributed by atoms with Crippen molar-refractivity contribution in [2.45, 2.75) is 38.6 Å². The van der Waals surface area contributed by atoms with Crippen molar-refractivity contribution in [2.24, 2.45) is 5.92 Å². The molecule has 1 saturated carbocycles. The number of carboxylic acid groups (broad SMARTS) is 1. The van der Waals surface area contributed by atoms with Gasteiger partial charge in [-0.2, -0.15) is 0 Å². The number of aliphatic carboxylic acids is 1. The van der Waals surface area contributed by atoms with Gasteiger partial charge in [-0.25, -0.2) is 4.79 Å². The van der Waals surface area contributed by atoms with Gasteiger partial charge in [0.1, 0.15) is 0 Å². The molecule has 0 unspecified atom stereocenters. The number of carbonyl (C=O) groups is 2. The molecule has 5 heteroatoms. The number of amides is 1. The zero-order valence-electron chi connectivity index (χ0n) is 18.6. The molecule has 0 bridgehead atoms. The molecule has 4 rings (SSSR count). The van der Waals surface area contributed by atoms with Crippen LogP contribution >= 0.6 is 0 Å². The Morgan fingerprint density at radius 2 is 1.76 bits per heavy atom. The summed E-state index contributed by atoms with van der Waals surface area (Å²) in [6.07, 6.45) is 9.65. The van der Waals surface area contributed by atoms with Gasteiger partial charge in [-0.1, -0.05) is 61.7 Å². The maximum Gasteiger partial charge on any atom is 0.328 e. The van der Waals surface area contributed by atoms with E-state index in [0.717, 1.165) is 59.8 Å². The minimum absolute atomic E-state index is 0.0322. The van der Waals surface area contributed by atoms with Crippen molar-refractivity contribution >= 4 is 23.6 Å². The zero-order valence-corrected chi connectivity index (χ0v) is 18.6. The molecule has 0 radical (unpaired) electrons. The molecule has 0 atom stereocenters. The summed E-state index contributed by atoms with van der Waals surface area (Å²) in [5, 5.41) is 8.96. The maximum absolute atomic E-state index is 13.6. The van der Waals surface area contributed by atoms with Crippen molar-refractivity contribution in [3.63, 3.8) is 0 Å². The highest BCUT2D eigenvalue weighted by atomic mass is 16.4.